The molecule has 1 atom stereocenters. The first-order valence-corrected chi connectivity index (χ1v) is 7.08. The molecule has 0 aliphatic heterocycles. The second-order valence-electron chi connectivity index (χ2n) is 4.21. The van der Waals surface area contributed by atoms with Gasteiger partial charge in [0.1, 0.15) is 5.82 Å². The van der Waals surface area contributed by atoms with Crippen molar-refractivity contribution in [3.05, 3.63) is 34.6 Å². The maximum absolute atomic E-state index is 13.2. The zero-order valence-corrected chi connectivity index (χ0v) is 11.7. The Morgan fingerprint density at radius 3 is 2.89 bits per heavy atom. The van der Waals surface area contributed by atoms with E-state index in [4.69, 9.17) is 11.6 Å². The van der Waals surface area contributed by atoms with Gasteiger partial charge in [-0.2, -0.15) is 11.8 Å². The Morgan fingerprint density at radius 1 is 1.61 bits per heavy atom. The zero-order valence-electron chi connectivity index (χ0n) is 10.2. The molecule has 0 radical (unpaired) electrons. The molecule has 0 spiro atoms. The van der Waals surface area contributed by atoms with Crippen LogP contribution in [0.25, 0.3) is 0 Å². The molecule has 1 aromatic rings. The Balaban J connectivity index is 2.69. The molecule has 0 saturated carbocycles. The second-order valence-corrected chi connectivity index (χ2v) is 5.46. The predicted octanol–water partition coefficient (Wildman–Crippen LogP) is 2.32. The molecule has 6 heteroatoms. The largest absolute Gasteiger partial charge is 0.387 e. The van der Waals surface area contributed by atoms with E-state index in [0.29, 0.717) is 5.75 Å². The molecule has 0 aliphatic carbocycles. The molecule has 100 valence electrons. The molecular formula is C12H15ClFNO2S. The van der Waals surface area contributed by atoms with Crippen molar-refractivity contribution in [3.63, 3.8) is 0 Å². The molecular weight excluding hydrogens is 277 g/mol. The molecule has 1 amide bonds. The van der Waals surface area contributed by atoms with Crippen LogP contribution in [0, 0.1) is 5.82 Å². The number of aliphatic hydroxyl groups is 1. The molecule has 0 aliphatic rings. The highest BCUT2D eigenvalue weighted by Gasteiger charge is 2.21. The van der Waals surface area contributed by atoms with Gasteiger partial charge >= 0.3 is 0 Å². The first-order chi connectivity index (χ1) is 8.37. The molecule has 1 aromatic carbocycles. The molecule has 2 N–H and O–H groups in total. The van der Waals surface area contributed by atoms with Gasteiger partial charge in [0.05, 0.1) is 16.2 Å². The third-order valence-corrected chi connectivity index (χ3v) is 3.58. The van der Waals surface area contributed by atoms with E-state index in [1.807, 2.05) is 6.26 Å². The van der Waals surface area contributed by atoms with Gasteiger partial charge in [-0.15, -0.1) is 0 Å². The highest BCUT2D eigenvalue weighted by atomic mass is 35.5. The lowest BCUT2D eigenvalue weighted by atomic mass is 10.1. The Labute approximate surface area is 115 Å². The minimum Gasteiger partial charge on any atom is -0.387 e. The number of thioether (sulfide) groups is 1. The average Bonchev–Trinajstić information content (AvgIpc) is 2.30. The van der Waals surface area contributed by atoms with E-state index >= 15 is 0 Å². The zero-order chi connectivity index (χ0) is 13.8. The van der Waals surface area contributed by atoms with Crippen LogP contribution in [0.2, 0.25) is 5.02 Å². The van der Waals surface area contributed by atoms with E-state index in [2.05, 4.69) is 5.32 Å². The monoisotopic (exact) mass is 291 g/mol. The number of carbonyl (C=O) groups excluding carboxylic acids is 1. The summed E-state index contributed by atoms with van der Waals surface area (Å²) >= 11 is 7.17. The fourth-order valence-corrected chi connectivity index (χ4v) is 2.34. The Kier molecular flexibility index (Phi) is 5.44. The second kappa shape index (κ2) is 6.41. The topological polar surface area (TPSA) is 49.3 Å². The van der Waals surface area contributed by atoms with E-state index in [1.165, 1.54) is 30.0 Å². The summed E-state index contributed by atoms with van der Waals surface area (Å²) in [5.41, 5.74) is -0.939. The smallest absolute Gasteiger partial charge is 0.253 e. The summed E-state index contributed by atoms with van der Waals surface area (Å²) in [4.78, 5) is 11.8. The normalized spacial score (nSPS) is 14.1. The van der Waals surface area contributed by atoms with Gasteiger partial charge in [-0.1, -0.05) is 17.7 Å². The molecule has 1 rings (SSSR count). The number of hydrogen-bond acceptors (Lipinski definition) is 3. The lowest BCUT2D eigenvalue weighted by Crippen LogP contribution is -2.42. The van der Waals surface area contributed by atoms with Gasteiger partial charge in [-0.25, -0.2) is 4.39 Å². The third-order valence-electron chi connectivity index (χ3n) is 2.28. The first-order valence-electron chi connectivity index (χ1n) is 5.31. The van der Waals surface area contributed by atoms with Crippen LogP contribution in [0.15, 0.2) is 18.2 Å². The van der Waals surface area contributed by atoms with E-state index in [1.54, 1.807) is 6.92 Å². The van der Waals surface area contributed by atoms with Crippen molar-refractivity contribution >= 4 is 29.3 Å². The van der Waals surface area contributed by atoms with Gasteiger partial charge in [0, 0.05) is 12.3 Å². The summed E-state index contributed by atoms with van der Waals surface area (Å²) < 4.78 is 13.2. The number of halogens is 2. The standard InChI is InChI=1S/C12H15ClFNO2S/c1-12(17,7-18-2)6-15-11(16)8-4-3-5-9(14)10(8)13/h3-5,17H,6-7H2,1-2H3,(H,15,16). The summed E-state index contributed by atoms with van der Waals surface area (Å²) in [6.45, 7) is 1.70. The SMILES string of the molecule is CSCC(C)(O)CNC(=O)c1cccc(F)c1Cl. The fraction of sp³-hybridized carbons (Fsp3) is 0.417. The van der Waals surface area contributed by atoms with Crippen molar-refractivity contribution in [2.75, 3.05) is 18.6 Å². The van der Waals surface area contributed by atoms with Crippen molar-refractivity contribution < 1.29 is 14.3 Å². The third kappa shape index (κ3) is 4.15. The maximum atomic E-state index is 13.2. The van der Waals surface area contributed by atoms with Crippen LogP contribution >= 0.6 is 23.4 Å². The number of hydrogen-bond donors (Lipinski definition) is 2. The predicted molar refractivity (Wildman–Crippen MR) is 72.7 cm³/mol. The average molecular weight is 292 g/mol. The number of benzene rings is 1. The molecule has 0 fully saturated rings. The number of rotatable bonds is 5. The van der Waals surface area contributed by atoms with Crippen LogP contribution in [0.3, 0.4) is 0 Å². The van der Waals surface area contributed by atoms with Crippen LogP contribution in [0.5, 0.6) is 0 Å². The lowest BCUT2D eigenvalue weighted by molar-refractivity contribution is 0.0725. The molecule has 18 heavy (non-hydrogen) atoms. The van der Waals surface area contributed by atoms with Crippen LogP contribution in [0.1, 0.15) is 17.3 Å². The fourth-order valence-electron chi connectivity index (χ4n) is 1.41. The molecule has 0 heterocycles. The minimum absolute atomic E-state index is 0.0663. The van der Waals surface area contributed by atoms with Gasteiger partial charge in [0.15, 0.2) is 0 Å². The highest BCUT2D eigenvalue weighted by molar-refractivity contribution is 7.98. The van der Waals surface area contributed by atoms with Crippen molar-refractivity contribution in [2.45, 2.75) is 12.5 Å². The molecule has 0 bridgehead atoms. The summed E-state index contributed by atoms with van der Waals surface area (Å²) in [6, 6.07) is 4.03. The number of nitrogens with one attached hydrogen (secondary N) is 1. The minimum atomic E-state index is -1.01. The van der Waals surface area contributed by atoms with Gasteiger partial charge < -0.3 is 10.4 Å². The van der Waals surface area contributed by atoms with Gasteiger partial charge in [0.2, 0.25) is 0 Å². The van der Waals surface area contributed by atoms with Crippen molar-refractivity contribution in [1.82, 2.24) is 5.32 Å². The summed E-state index contributed by atoms with van der Waals surface area (Å²) in [7, 11) is 0. The van der Waals surface area contributed by atoms with E-state index < -0.39 is 17.3 Å². The first kappa shape index (κ1) is 15.3. The Bertz CT molecular complexity index is 440. The van der Waals surface area contributed by atoms with Crippen molar-refractivity contribution in [1.29, 1.82) is 0 Å². The summed E-state index contributed by atoms with van der Waals surface area (Å²) in [5, 5.41) is 12.2. The van der Waals surface area contributed by atoms with Crippen molar-refractivity contribution in [2.24, 2.45) is 0 Å². The van der Waals surface area contributed by atoms with Crippen LogP contribution < -0.4 is 5.32 Å². The quantitative estimate of drug-likeness (QED) is 0.875. The van der Waals surface area contributed by atoms with Crippen LogP contribution in [-0.4, -0.2) is 35.2 Å². The molecule has 0 saturated heterocycles. The van der Waals surface area contributed by atoms with Gasteiger partial charge in [0.25, 0.3) is 5.91 Å². The highest BCUT2D eigenvalue weighted by Crippen LogP contribution is 2.19. The number of carbonyl (C=O) groups is 1. The van der Waals surface area contributed by atoms with Crippen LogP contribution in [0.4, 0.5) is 4.39 Å². The van der Waals surface area contributed by atoms with Gasteiger partial charge in [-0.3, -0.25) is 4.79 Å². The number of amides is 1. The Morgan fingerprint density at radius 2 is 2.28 bits per heavy atom. The van der Waals surface area contributed by atoms with E-state index in [0.717, 1.165) is 0 Å². The molecule has 3 nitrogen and oxygen atoms in total. The van der Waals surface area contributed by atoms with Gasteiger partial charge in [-0.05, 0) is 25.3 Å². The Hall–Kier alpha value is -0.780. The molecule has 1 unspecified atom stereocenters. The van der Waals surface area contributed by atoms with Crippen molar-refractivity contribution in [3.8, 4) is 0 Å². The summed E-state index contributed by atoms with van der Waals surface area (Å²) in [5.74, 6) is -0.648. The van der Waals surface area contributed by atoms with E-state index in [-0.39, 0.29) is 17.1 Å². The maximum Gasteiger partial charge on any atom is 0.253 e. The van der Waals surface area contributed by atoms with E-state index in [9.17, 15) is 14.3 Å². The summed E-state index contributed by atoms with van der Waals surface area (Å²) in [6.07, 6.45) is 1.86. The lowest BCUT2D eigenvalue weighted by Gasteiger charge is -2.22. The molecule has 0 aromatic heterocycles. The van der Waals surface area contributed by atoms with Crippen LogP contribution in [-0.2, 0) is 0 Å².